The van der Waals surface area contributed by atoms with E-state index in [0.717, 1.165) is 12.3 Å². The molecule has 108 valence electrons. The number of urea groups is 1. The molecule has 2 fully saturated rings. The molecule has 0 bridgehead atoms. The Hall–Kier alpha value is -0.910. The zero-order chi connectivity index (χ0) is 13.8. The maximum Gasteiger partial charge on any atom is 0.327 e. The summed E-state index contributed by atoms with van der Waals surface area (Å²) in [5.41, 5.74) is 0. The van der Waals surface area contributed by atoms with Crippen LogP contribution < -0.4 is 5.32 Å². The fraction of sp³-hybridized carbons (Fsp3) is 0.846. The predicted molar refractivity (Wildman–Crippen MR) is 75.2 cm³/mol. The van der Waals surface area contributed by atoms with Gasteiger partial charge in [0.25, 0.3) is 0 Å². The van der Waals surface area contributed by atoms with Gasteiger partial charge in [-0.15, -0.1) is 11.8 Å². The molecule has 19 heavy (non-hydrogen) atoms. The molecule has 1 aliphatic heterocycles. The molecule has 1 saturated carbocycles. The minimum Gasteiger partial charge on any atom is -0.480 e. The number of aliphatic carboxylic acids is 1. The number of nitrogens with zero attached hydrogens (tertiary/aromatic N) is 1. The normalized spacial score (nSPS) is 27.7. The number of carbonyl (C=O) groups excluding carboxylic acids is 1. The molecule has 6 heteroatoms. The molecule has 2 unspecified atom stereocenters. The van der Waals surface area contributed by atoms with E-state index in [-0.39, 0.29) is 11.4 Å². The van der Waals surface area contributed by atoms with E-state index in [1.807, 2.05) is 6.92 Å². The van der Waals surface area contributed by atoms with Crippen LogP contribution in [0.25, 0.3) is 0 Å². The maximum atomic E-state index is 12.1. The Morgan fingerprint density at radius 3 is 2.68 bits per heavy atom. The summed E-state index contributed by atoms with van der Waals surface area (Å²) in [6.07, 6.45) is 6.16. The van der Waals surface area contributed by atoms with Gasteiger partial charge in [-0.1, -0.05) is 25.7 Å². The number of hydrogen-bond donors (Lipinski definition) is 2. The minimum atomic E-state index is -0.914. The molecule has 5 nitrogen and oxygen atoms in total. The quantitative estimate of drug-likeness (QED) is 0.830. The fourth-order valence-electron chi connectivity index (χ4n) is 2.91. The van der Waals surface area contributed by atoms with Crippen molar-refractivity contribution in [1.82, 2.24) is 10.2 Å². The van der Waals surface area contributed by atoms with Crippen molar-refractivity contribution in [3.05, 3.63) is 0 Å². The molecule has 0 radical (unpaired) electrons. The second-order valence-electron chi connectivity index (χ2n) is 5.37. The van der Waals surface area contributed by atoms with Gasteiger partial charge in [0.2, 0.25) is 0 Å². The number of carboxylic acids is 1. The summed E-state index contributed by atoms with van der Waals surface area (Å²) < 4.78 is 0. The first-order valence-electron chi connectivity index (χ1n) is 7.00. The second-order valence-corrected chi connectivity index (χ2v) is 6.71. The highest BCUT2D eigenvalue weighted by molar-refractivity contribution is 8.00. The summed E-state index contributed by atoms with van der Waals surface area (Å²) >= 11 is 1.51. The molecule has 2 aliphatic rings. The van der Waals surface area contributed by atoms with Crippen LogP contribution in [0.1, 0.15) is 39.0 Å². The lowest BCUT2D eigenvalue weighted by molar-refractivity contribution is -0.141. The SMILES string of the molecule is CC1SCC(C(=O)O)N1C(=O)NCCC1CCCC1. The van der Waals surface area contributed by atoms with Gasteiger partial charge in [0.05, 0.1) is 5.37 Å². The number of amides is 2. The summed E-state index contributed by atoms with van der Waals surface area (Å²) in [5, 5.41) is 11.9. The van der Waals surface area contributed by atoms with Crippen molar-refractivity contribution >= 4 is 23.8 Å². The Kier molecular flexibility index (Phi) is 4.96. The maximum absolute atomic E-state index is 12.1. The van der Waals surface area contributed by atoms with Crippen LogP contribution in [-0.2, 0) is 4.79 Å². The Morgan fingerprint density at radius 2 is 2.05 bits per heavy atom. The van der Waals surface area contributed by atoms with Crippen molar-refractivity contribution in [2.75, 3.05) is 12.3 Å². The van der Waals surface area contributed by atoms with Crippen LogP contribution in [0, 0.1) is 5.92 Å². The van der Waals surface area contributed by atoms with E-state index in [9.17, 15) is 9.59 Å². The molecule has 1 saturated heterocycles. The molecule has 2 atom stereocenters. The second kappa shape index (κ2) is 6.50. The zero-order valence-corrected chi connectivity index (χ0v) is 12.1. The van der Waals surface area contributed by atoms with Gasteiger partial charge < -0.3 is 10.4 Å². The lowest BCUT2D eigenvalue weighted by Crippen LogP contribution is -2.49. The Morgan fingerprint density at radius 1 is 1.37 bits per heavy atom. The van der Waals surface area contributed by atoms with E-state index in [2.05, 4.69) is 5.32 Å². The number of carboxylic acid groups (broad SMARTS) is 1. The van der Waals surface area contributed by atoms with Crippen LogP contribution in [0.2, 0.25) is 0 Å². The average molecular weight is 286 g/mol. The first-order chi connectivity index (χ1) is 9.09. The Bertz CT molecular complexity index is 345. The lowest BCUT2D eigenvalue weighted by atomic mass is 10.0. The predicted octanol–water partition coefficient (Wildman–Crippen LogP) is 2.12. The first-order valence-corrected chi connectivity index (χ1v) is 8.05. The highest BCUT2D eigenvalue weighted by Gasteiger charge is 2.39. The summed E-state index contributed by atoms with van der Waals surface area (Å²) in [6.45, 7) is 2.54. The van der Waals surface area contributed by atoms with Crippen molar-refractivity contribution in [2.45, 2.75) is 50.4 Å². The Labute approximate surface area is 118 Å². The van der Waals surface area contributed by atoms with Gasteiger partial charge in [-0.3, -0.25) is 4.90 Å². The molecule has 2 N–H and O–H groups in total. The highest BCUT2D eigenvalue weighted by Crippen LogP contribution is 2.29. The molecule has 1 aliphatic carbocycles. The third-order valence-corrected chi connectivity index (χ3v) is 5.26. The number of nitrogens with one attached hydrogen (secondary N) is 1. The smallest absolute Gasteiger partial charge is 0.327 e. The molecule has 0 aromatic heterocycles. The summed E-state index contributed by atoms with van der Waals surface area (Å²) in [7, 11) is 0. The summed E-state index contributed by atoms with van der Waals surface area (Å²) in [6, 6.07) is -0.922. The van der Waals surface area contributed by atoms with E-state index < -0.39 is 12.0 Å². The van der Waals surface area contributed by atoms with Gasteiger partial charge in [0, 0.05) is 12.3 Å². The number of carbonyl (C=O) groups is 2. The zero-order valence-electron chi connectivity index (χ0n) is 11.3. The number of thioether (sulfide) groups is 1. The molecule has 0 spiro atoms. The van der Waals surface area contributed by atoms with Crippen LogP contribution >= 0.6 is 11.8 Å². The molecule has 2 rings (SSSR count). The summed E-state index contributed by atoms with van der Waals surface area (Å²) in [4.78, 5) is 24.7. The average Bonchev–Trinajstić information content (AvgIpc) is 2.98. The fourth-order valence-corrected chi connectivity index (χ4v) is 4.08. The number of hydrogen-bond acceptors (Lipinski definition) is 3. The van der Waals surface area contributed by atoms with Gasteiger partial charge in [-0.2, -0.15) is 0 Å². The largest absolute Gasteiger partial charge is 0.480 e. The third-order valence-electron chi connectivity index (χ3n) is 4.05. The molecular formula is C13H22N2O3S. The molecule has 0 aromatic rings. The third kappa shape index (κ3) is 3.55. The van der Waals surface area contributed by atoms with Crippen LogP contribution in [0.3, 0.4) is 0 Å². The molecule has 0 aromatic carbocycles. The molecule has 2 amide bonds. The van der Waals surface area contributed by atoms with Crippen LogP contribution in [0.15, 0.2) is 0 Å². The van der Waals surface area contributed by atoms with E-state index in [1.54, 1.807) is 0 Å². The van der Waals surface area contributed by atoms with E-state index in [0.29, 0.717) is 12.3 Å². The van der Waals surface area contributed by atoms with Crippen LogP contribution in [0.5, 0.6) is 0 Å². The number of rotatable bonds is 4. The Balaban J connectivity index is 1.79. The van der Waals surface area contributed by atoms with Crippen molar-refractivity contribution in [3.8, 4) is 0 Å². The lowest BCUT2D eigenvalue weighted by Gasteiger charge is -2.25. The first kappa shape index (κ1) is 14.5. The molecule has 1 heterocycles. The van der Waals surface area contributed by atoms with Gasteiger partial charge in [-0.05, 0) is 19.3 Å². The van der Waals surface area contributed by atoms with E-state index in [4.69, 9.17) is 5.11 Å². The minimum absolute atomic E-state index is 0.0624. The van der Waals surface area contributed by atoms with Crippen molar-refractivity contribution in [2.24, 2.45) is 5.92 Å². The van der Waals surface area contributed by atoms with Crippen molar-refractivity contribution < 1.29 is 14.7 Å². The topological polar surface area (TPSA) is 69.6 Å². The van der Waals surface area contributed by atoms with Crippen LogP contribution in [-0.4, -0.2) is 45.7 Å². The monoisotopic (exact) mass is 286 g/mol. The van der Waals surface area contributed by atoms with Gasteiger partial charge in [0.15, 0.2) is 0 Å². The van der Waals surface area contributed by atoms with Gasteiger partial charge in [-0.25, -0.2) is 9.59 Å². The highest BCUT2D eigenvalue weighted by atomic mass is 32.2. The van der Waals surface area contributed by atoms with Gasteiger partial charge >= 0.3 is 12.0 Å². The van der Waals surface area contributed by atoms with Crippen molar-refractivity contribution in [1.29, 1.82) is 0 Å². The standard InChI is InChI=1S/C13H22N2O3S/c1-9-15(11(8-19-9)12(16)17)13(18)14-7-6-10-4-2-3-5-10/h9-11H,2-8H2,1H3,(H,14,18)(H,16,17). The summed E-state index contributed by atoms with van der Waals surface area (Å²) in [5.74, 6) is 0.302. The van der Waals surface area contributed by atoms with Crippen LogP contribution in [0.4, 0.5) is 4.79 Å². The van der Waals surface area contributed by atoms with Crippen molar-refractivity contribution in [3.63, 3.8) is 0 Å². The molecular weight excluding hydrogens is 264 g/mol. The van der Waals surface area contributed by atoms with E-state index >= 15 is 0 Å². The van der Waals surface area contributed by atoms with E-state index in [1.165, 1.54) is 42.3 Å². The van der Waals surface area contributed by atoms with Gasteiger partial charge in [0.1, 0.15) is 6.04 Å².